The number of para-hydroxylation sites is 3. The van der Waals surface area contributed by atoms with Crippen molar-refractivity contribution in [1.82, 2.24) is 14.1 Å². The van der Waals surface area contributed by atoms with Crippen LogP contribution in [0.3, 0.4) is 0 Å². The summed E-state index contributed by atoms with van der Waals surface area (Å²) in [5, 5.41) is 10.8. The van der Waals surface area contributed by atoms with Crippen LogP contribution in [0.2, 0.25) is 19.6 Å². The second-order valence-electron chi connectivity index (χ2n) is 22.8. The highest BCUT2D eigenvalue weighted by Gasteiger charge is 2.28. The van der Waals surface area contributed by atoms with Crippen LogP contribution in [-0.4, -0.2) is 22.2 Å². The second kappa shape index (κ2) is 17.0. The zero-order chi connectivity index (χ0) is 50.6. The number of pyridine rings is 1. The van der Waals surface area contributed by atoms with Gasteiger partial charge in [-0.3, -0.25) is 4.57 Å². The number of benzene rings is 8. The minimum atomic E-state index is -1.75. The van der Waals surface area contributed by atoms with Gasteiger partial charge in [0.1, 0.15) is 24.0 Å². The average molecular weight is 966 g/mol. The monoisotopic (exact) mass is 965 g/mol. The van der Waals surface area contributed by atoms with E-state index in [9.17, 15) is 0 Å². The maximum Gasteiger partial charge on any atom is 0.192 e. The molecule has 6 nitrogen and oxygen atoms in total. The molecule has 0 unspecified atom stereocenters. The van der Waals surface area contributed by atoms with Crippen LogP contribution >= 0.6 is 0 Å². The molecule has 73 heavy (non-hydrogen) atoms. The largest absolute Gasteiger partial charge is 0.459 e. The van der Waals surface area contributed by atoms with E-state index in [1.165, 1.54) is 54.4 Å². The smallest absolute Gasteiger partial charge is 0.192 e. The molecule has 0 amide bonds. The average Bonchev–Trinajstić information content (AvgIpc) is 3.94. The van der Waals surface area contributed by atoms with Gasteiger partial charge < -0.3 is 14.2 Å². The van der Waals surface area contributed by atoms with Crippen molar-refractivity contribution in [2.24, 2.45) is 0 Å². The number of nitrogens with zero attached hydrogens (tertiary/aromatic N) is 5. The van der Waals surface area contributed by atoms with Crippen molar-refractivity contribution in [2.45, 2.75) is 78.7 Å². The first-order valence-electron chi connectivity index (χ1n) is 25.4. The summed E-state index contributed by atoms with van der Waals surface area (Å²) < 4.78 is 11.7. The van der Waals surface area contributed by atoms with Crippen LogP contribution in [-0.2, 0) is 17.5 Å². The van der Waals surface area contributed by atoms with Gasteiger partial charge in [0.25, 0.3) is 0 Å². The number of anilines is 2. The van der Waals surface area contributed by atoms with Crippen LogP contribution < -0.4 is 14.8 Å². The zero-order valence-corrected chi connectivity index (χ0v) is 44.2. The summed E-state index contributed by atoms with van der Waals surface area (Å²) in [5.74, 6) is 2.13. The lowest BCUT2D eigenvalue weighted by molar-refractivity contribution is 0.483. The standard InChI is InChI=1S/C66H59N5OSi/c1-65(2,3)43-31-32-68-62(36-43)71-59-27-16-15-23-55(59)56-30-29-47(40-61(56)71)72-48-38-45(67-7)37-46(39-48)69-41-70-63-50(42-33-44(66(4,5)6)35-49(34-42)73(8,9)10)24-17-25-57(63)53-21-13-11-19-51(53)52-20-12-14-22-54(52)58-26-18-28-60(69)64(58)70/h11-40H,41H2,1-6,8-10H3. The van der Waals surface area contributed by atoms with E-state index in [1.807, 2.05) is 24.4 Å². The number of aromatic nitrogens is 3. The number of hydrogen-bond acceptors (Lipinski definition) is 3. The molecule has 1 aliphatic rings. The normalized spacial score (nSPS) is 12.9. The molecule has 0 bridgehead atoms. The Morgan fingerprint density at radius 3 is 1.82 bits per heavy atom. The molecule has 0 fully saturated rings. The van der Waals surface area contributed by atoms with Crippen molar-refractivity contribution in [1.29, 1.82) is 0 Å². The molecule has 0 radical (unpaired) electrons. The first-order valence-corrected chi connectivity index (χ1v) is 28.9. The van der Waals surface area contributed by atoms with E-state index in [2.05, 4.69) is 238 Å². The number of ether oxygens (including phenoxy) is 1. The SMILES string of the molecule is [C-]#[N+]c1cc(Oc2ccc3c4ccccc4n(-c4cc(C(C)(C)C)ccn4)c3c2)cc(N2Cn3c4c(-c5cc(C(C)(C)C)cc([Si](C)(C)C)c5)cccc4c4ccccc4c4ccccc4c4cccc2c43)c1. The summed E-state index contributed by atoms with van der Waals surface area (Å²) in [6.07, 6.45) is 1.91. The maximum absolute atomic E-state index is 8.41. The molecular formula is C66H59N5OSi. The Bertz CT molecular complexity index is 4160. The molecule has 7 heteroatoms. The molecule has 11 aromatic rings. The van der Waals surface area contributed by atoms with Gasteiger partial charge in [0.2, 0.25) is 0 Å². The highest BCUT2D eigenvalue weighted by atomic mass is 28.3. The van der Waals surface area contributed by atoms with Gasteiger partial charge >= 0.3 is 0 Å². The summed E-state index contributed by atoms with van der Waals surface area (Å²) in [4.78, 5) is 11.3. The van der Waals surface area contributed by atoms with Crippen molar-refractivity contribution >= 4 is 95.5 Å². The Morgan fingerprint density at radius 1 is 0.534 bits per heavy atom. The predicted octanol–water partition coefficient (Wildman–Crippen LogP) is 18.0. The Kier molecular flexibility index (Phi) is 10.7. The second-order valence-corrected chi connectivity index (χ2v) is 27.9. The molecule has 3 aromatic heterocycles. The van der Waals surface area contributed by atoms with Crippen LogP contribution in [0.4, 0.5) is 17.1 Å². The molecule has 358 valence electrons. The molecular weight excluding hydrogens is 907 g/mol. The molecule has 0 atom stereocenters. The number of rotatable bonds is 6. The summed E-state index contributed by atoms with van der Waals surface area (Å²) in [6.45, 7) is 29.9. The third-order valence-electron chi connectivity index (χ3n) is 14.9. The van der Waals surface area contributed by atoms with Gasteiger partial charge in [-0.1, -0.05) is 182 Å². The third kappa shape index (κ3) is 7.89. The predicted molar refractivity (Wildman–Crippen MR) is 311 cm³/mol. The summed E-state index contributed by atoms with van der Waals surface area (Å²) in [6, 6.07) is 63.8. The lowest BCUT2D eigenvalue weighted by Crippen LogP contribution is -2.38. The van der Waals surface area contributed by atoms with Crippen molar-refractivity contribution in [3.8, 4) is 28.4 Å². The number of fused-ring (bicyclic) bond motifs is 10. The topological polar surface area (TPSA) is 39.6 Å². The fraction of sp³-hybridized carbons (Fsp3) is 0.182. The van der Waals surface area contributed by atoms with E-state index < -0.39 is 8.07 Å². The van der Waals surface area contributed by atoms with Crippen molar-refractivity contribution in [3.63, 3.8) is 0 Å². The lowest BCUT2D eigenvalue weighted by Gasteiger charge is -2.26. The van der Waals surface area contributed by atoms with Crippen LogP contribution in [0.5, 0.6) is 11.5 Å². The van der Waals surface area contributed by atoms with Crippen LogP contribution in [0.1, 0.15) is 52.7 Å². The molecule has 12 rings (SSSR count). The highest BCUT2D eigenvalue weighted by Crippen LogP contribution is 2.46. The Labute approximate surface area is 428 Å². The lowest BCUT2D eigenvalue weighted by atomic mass is 9.85. The Hall–Kier alpha value is -8.18. The van der Waals surface area contributed by atoms with E-state index >= 15 is 0 Å². The molecule has 0 saturated heterocycles. The van der Waals surface area contributed by atoms with Gasteiger partial charge in [-0.25, -0.2) is 9.83 Å². The van der Waals surface area contributed by atoms with Gasteiger partial charge in [-0.15, -0.1) is 0 Å². The maximum atomic E-state index is 8.41. The first kappa shape index (κ1) is 45.9. The molecule has 0 aliphatic carbocycles. The first-order chi connectivity index (χ1) is 35.0. The van der Waals surface area contributed by atoms with Gasteiger partial charge in [0.05, 0.1) is 42.4 Å². The van der Waals surface area contributed by atoms with Crippen LogP contribution in [0.15, 0.2) is 182 Å². The van der Waals surface area contributed by atoms with E-state index in [0.717, 1.165) is 55.4 Å². The highest BCUT2D eigenvalue weighted by molar-refractivity contribution is 6.88. The Balaban J connectivity index is 1.08. The molecule has 8 aromatic carbocycles. The molecule has 0 spiro atoms. The minimum absolute atomic E-state index is 0.0443. The van der Waals surface area contributed by atoms with Crippen molar-refractivity contribution < 1.29 is 4.74 Å². The third-order valence-corrected chi connectivity index (χ3v) is 16.9. The van der Waals surface area contributed by atoms with E-state index in [-0.39, 0.29) is 10.8 Å². The van der Waals surface area contributed by atoms with Crippen LogP contribution in [0.25, 0.3) is 86.9 Å². The zero-order valence-electron chi connectivity index (χ0n) is 43.2. The van der Waals surface area contributed by atoms with Gasteiger partial charge in [0.15, 0.2) is 5.69 Å². The van der Waals surface area contributed by atoms with Crippen molar-refractivity contribution in [3.05, 3.63) is 205 Å². The van der Waals surface area contributed by atoms with E-state index in [1.54, 1.807) is 0 Å². The molecule has 0 saturated carbocycles. The molecule has 0 N–H and O–H groups in total. The van der Waals surface area contributed by atoms with Gasteiger partial charge in [-0.05, 0) is 97.6 Å². The van der Waals surface area contributed by atoms with E-state index in [4.69, 9.17) is 16.3 Å². The van der Waals surface area contributed by atoms with Gasteiger partial charge in [-0.2, -0.15) is 0 Å². The van der Waals surface area contributed by atoms with Crippen molar-refractivity contribution in [2.75, 3.05) is 4.90 Å². The summed E-state index contributed by atoms with van der Waals surface area (Å²) in [5.41, 5.74) is 11.7. The summed E-state index contributed by atoms with van der Waals surface area (Å²) >= 11 is 0. The fourth-order valence-electron chi connectivity index (χ4n) is 11.0. The van der Waals surface area contributed by atoms with Gasteiger partial charge in [0, 0.05) is 51.1 Å². The molecule has 1 aliphatic heterocycles. The summed E-state index contributed by atoms with van der Waals surface area (Å²) in [7, 11) is -1.75. The fourth-order valence-corrected chi connectivity index (χ4v) is 12.2. The van der Waals surface area contributed by atoms with Crippen LogP contribution in [0, 0.1) is 6.57 Å². The Morgan fingerprint density at radius 2 is 1.15 bits per heavy atom. The quantitative estimate of drug-likeness (QED) is 0.123. The van der Waals surface area contributed by atoms with E-state index in [0.29, 0.717) is 23.9 Å². The minimum Gasteiger partial charge on any atom is -0.459 e. The number of hydrogen-bond donors (Lipinski definition) is 0. The molecule has 4 heterocycles.